The van der Waals surface area contributed by atoms with Crippen LogP contribution in [0.15, 0.2) is 12.1 Å². The van der Waals surface area contributed by atoms with Crippen LogP contribution < -0.4 is 15.2 Å². The first kappa shape index (κ1) is 13.6. The first-order valence-corrected chi connectivity index (χ1v) is 6.10. The van der Waals surface area contributed by atoms with Crippen molar-refractivity contribution in [1.29, 1.82) is 0 Å². The Morgan fingerprint density at radius 1 is 1.32 bits per heavy atom. The zero-order valence-corrected chi connectivity index (χ0v) is 11.5. The van der Waals surface area contributed by atoms with Crippen molar-refractivity contribution in [3.05, 3.63) is 23.0 Å². The Kier molecular flexibility index (Phi) is 4.24. The van der Waals surface area contributed by atoms with Gasteiger partial charge in [-0.05, 0) is 18.7 Å². The van der Waals surface area contributed by atoms with Crippen LogP contribution in [0.5, 0.6) is 11.5 Å². The second-order valence-corrected chi connectivity index (χ2v) is 4.25. The molecule has 7 heteroatoms. The molecule has 0 aliphatic heterocycles. The fourth-order valence-corrected chi connectivity index (χ4v) is 2.01. The number of H-pyrrole nitrogens is 1. The van der Waals surface area contributed by atoms with Gasteiger partial charge in [0.25, 0.3) is 0 Å². The summed E-state index contributed by atoms with van der Waals surface area (Å²) in [4.78, 5) is 4.34. The van der Waals surface area contributed by atoms with Crippen LogP contribution in [0.1, 0.15) is 5.82 Å². The lowest BCUT2D eigenvalue weighted by Crippen LogP contribution is -2.03. The number of nitrogens with zero attached hydrogens (tertiary/aromatic N) is 2. The van der Waals surface area contributed by atoms with E-state index in [0.717, 1.165) is 11.4 Å². The Balaban J connectivity index is 2.41. The summed E-state index contributed by atoms with van der Waals surface area (Å²) in [5.41, 5.74) is 6.22. The topological polar surface area (TPSA) is 86.0 Å². The van der Waals surface area contributed by atoms with E-state index in [1.165, 1.54) is 7.11 Å². The van der Waals surface area contributed by atoms with Gasteiger partial charge in [-0.15, -0.1) is 0 Å². The number of hydrogen-bond donors (Lipinski definition) is 2. The molecular weight excluding hydrogens is 268 g/mol. The zero-order valence-electron chi connectivity index (χ0n) is 10.7. The Bertz CT molecular complexity index is 571. The van der Waals surface area contributed by atoms with Gasteiger partial charge in [-0.25, -0.2) is 4.98 Å². The van der Waals surface area contributed by atoms with Crippen molar-refractivity contribution in [2.24, 2.45) is 5.73 Å². The van der Waals surface area contributed by atoms with E-state index in [9.17, 15) is 0 Å². The molecule has 1 heterocycles. The Labute approximate surface area is 115 Å². The van der Waals surface area contributed by atoms with Crippen LogP contribution in [0.4, 0.5) is 0 Å². The van der Waals surface area contributed by atoms with Gasteiger partial charge in [-0.3, -0.25) is 5.10 Å². The van der Waals surface area contributed by atoms with Gasteiger partial charge in [-0.2, -0.15) is 5.10 Å². The van der Waals surface area contributed by atoms with Crippen LogP contribution >= 0.6 is 11.6 Å². The SMILES string of the molecule is COc1cc(-c2n[nH]c(CCN)n2)cc(Cl)c1OC. The third-order valence-corrected chi connectivity index (χ3v) is 2.89. The van der Waals surface area contributed by atoms with Crippen LogP contribution in [0.25, 0.3) is 11.4 Å². The number of aromatic nitrogens is 3. The molecule has 1 aromatic heterocycles. The van der Waals surface area contributed by atoms with Gasteiger partial charge in [0, 0.05) is 12.0 Å². The minimum atomic E-state index is 0.446. The fourth-order valence-electron chi connectivity index (χ4n) is 1.72. The molecule has 0 aliphatic carbocycles. The predicted molar refractivity (Wildman–Crippen MR) is 72.7 cm³/mol. The number of nitrogens with one attached hydrogen (secondary N) is 1. The van der Waals surface area contributed by atoms with E-state index in [-0.39, 0.29) is 0 Å². The third kappa shape index (κ3) is 2.80. The highest BCUT2D eigenvalue weighted by Gasteiger charge is 2.14. The van der Waals surface area contributed by atoms with Crippen molar-refractivity contribution in [2.45, 2.75) is 6.42 Å². The van der Waals surface area contributed by atoms with E-state index >= 15 is 0 Å². The predicted octanol–water partition coefficient (Wildman–Crippen LogP) is 1.64. The molecule has 0 amide bonds. The number of benzene rings is 1. The summed E-state index contributed by atoms with van der Waals surface area (Å²) >= 11 is 6.14. The normalized spacial score (nSPS) is 10.5. The number of halogens is 1. The molecule has 3 N–H and O–H groups in total. The van der Waals surface area contributed by atoms with Crippen molar-refractivity contribution in [1.82, 2.24) is 15.2 Å². The Morgan fingerprint density at radius 2 is 2.11 bits per heavy atom. The van der Waals surface area contributed by atoms with Crippen molar-refractivity contribution in [3.8, 4) is 22.9 Å². The lowest BCUT2D eigenvalue weighted by atomic mass is 10.2. The standard InChI is InChI=1S/C12H15ClN4O2/c1-18-9-6-7(5-8(13)11(9)19-2)12-15-10(3-4-14)16-17-12/h5-6H,3-4,14H2,1-2H3,(H,15,16,17). The van der Waals surface area contributed by atoms with E-state index < -0.39 is 0 Å². The molecule has 1 aromatic carbocycles. The maximum absolute atomic E-state index is 6.14. The summed E-state index contributed by atoms with van der Waals surface area (Å²) in [6.07, 6.45) is 0.647. The van der Waals surface area contributed by atoms with Crippen LogP contribution in [0.3, 0.4) is 0 Å². The molecule has 6 nitrogen and oxygen atoms in total. The summed E-state index contributed by atoms with van der Waals surface area (Å²) in [5.74, 6) is 2.32. The average Bonchev–Trinajstić information content (AvgIpc) is 2.86. The van der Waals surface area contributed by atoms with E-state index in [4.69, 9.17) is 26.8 Å². The average molecular weight is 283 g/mol. The first-order valence-electron chi connectivity index (χ1n) is 5.72. The summed E-state index contributed by atoms with van der Waals surface area (Å²) in [5, 5.41) is 7.41. The molecule has 0 radical (unpaired) electrons. The molecule has 0 bridgehead atoms. The maximum atomic E-state index is 6.14. The lowest BCUT2D eigenvalue weighted by molar-refractivity contribution is 0.355. The highest BCUT2D eigenvalue weighted by atomic mass is 35.5. The summed E-state index contributed by atoms with van der Waals surface area (Å²) < 4.78 is 10.4. The van der Waals surface area contributed by atoms with Gasteiger partial charge in [0.15, 0.2) is 17.3 Å². The van der Waals surface area contributed by atoms with E-state index in [1.54, 1.807) is 19.2 Å². The number of hydrogen-bond acceptors (Lipinski definition) is 5. The largest absolute Gasteiger partial charge is 0.493 e. The molecule has 102 valence electrons. The number of rotatable bonds is 5. The van der Waals surface area contributed by atoms with Crippen LogP contribution in [-0.4, -0.2) is 35.9 Å². The molecule has 0 fully saturated rings. The first-order chi connectivity index (χ1) is 9.19. The monoisotopic (exact) mass is 282 g/mol. The van der Waals surface area contributed by atoms with E-state index in [0.29, 0.717) is 35.3 Å². The Morgan fingerprint density at radius 3 is 2.74 bits per heavy atom. The molecule has 0 spiro atoms. The highest BCUT2D eigenvalue weighted by Crippen LogP contribution is 2.38. The molecule has 0 unspecified atom stereocenters. The molecule has 0 saturated carbocycles. The number of methoxy groups -OCH3 is 2. The van der Waals surface area contributed by atoms with Crippen LogP contribution in [-0.2, 0) is 6.42 Å². The molecule has 0 atom stereocenters. The maximum Gasteiger partial charge on any atom is 0.181 e. The second kappa shape index (κ2) is 5.90. The number of aromatic amines is 1. The van der Waals surface area contributed by atoms with Crippen molar-refractivity contribution in [3.63, 3.8) is 0 Å². The summed E-state index contributed by atoms with van der Waals surface area (Å²) in [6, 6.07) is 3.51. The highest BCUT2D eigenvalue weighted by molar-refractivity contribution is 6.32. The third-order valence-electron chi connectivity index (χ3n) is 2.60. The molecular formula is C12H15ClN4O2. The van der Waals surface area contributed by atoms with E-state index in [2.05, 4.69) is 15.2 Å². The number of ether oxygens (including phenoxy) is 2. The van der Waals surface area contributed by atoms with Crippen LogP contribution in [0, 0.1) is 0 Å². The summed E-state index contributed by atoms with van der Waals surface area (Å²) in [6.45, 7) is 0.515. The summed E-state index contributed by atoms with van der Waals surface area (Å²) in [7, 11) is 3.09. The molecule has 19 heavy (non-hydrogen) atoms. The molecule has 2 rings (SSSR count). The molecule has 0 saturated heterocycles. The quantitative estimate of drug-likeness (QED) is 0.871. The Hall–Kier alpha value is -1.79. The van der Waals surface area contributed by atoms with E-state index in [1.807, 2.05) is 0 Å². The lowest BCUT2D eigenvalue weighted by Gasteiger charge is -2.10. The van der Waals surface area contributed by atoms with Gasteiger partial charge in [0.2, 0.25) is 0 Å². The zero-order chi connectivity index (χ0) is 13.8. The van der Waals surface area contributed by atoms with Crippen molar-refractivity contribution < 1.29 is 9.47 Å². The molecule has 2 aromatic rings. The molecule has 0 aliphatic rings. The van der Waals surface area contributed by atoms with Gasteiger partial charge in [-0.1, -0.05) is 11.6 Å². The fraction of sp³-hybridized carbons (Fsp3) is 0.333. The minimum absolute atomic E-state index is 0.446. The second-order valence-electron chi connectivity index (χ2n) is 3.84. The van der Waals surface area contributed by atoms with Gasteiger partial charge in [0.05, 0.1) is 19.2 Å². The minimum Gasteiger partial charge on any atom is -0.493 e. The van der Waals surface area contributed by atoms with Gasteiger partial charge >= 0.3 is 0 Å². The van der Waals surface area contributed by atoms with Crippen molar-refractivity contribution >= 4 is 11.6 Å². The van der Waals surface area contributed by atoms with Gasteiger partial charge < -0.3 is 15.2 Å². The number of nitrogens with two attached hydrogens (primary N) is 1. The smallest absolute Gasteiger partial charge is 0.181 e. The van der Waals surface area contributed by atoms with Crippen LogP contribution in [0.2, 0.25) is 5.02 Å². The van der Waals surface area contributed by atoms with Crippen molar-refractivity contribution in [2.75, 3.05) is 20.8 Å². The van der Waals surface area contributed by atoms with Gasteiger partial charge in [0.1, 0.15) is 5.82 Å².